The first-order valence-electron chi connectivity index (χ1n) is 5.90. The molecule has 2 nitrogen and oxygen atoms in total. The van der Waals surface area contributed by atoms with Crippen LogP contribution >= 0.6 is 0 Å². The van der Waals surface area contributed by atoms with E-state index in [1.54, 1.807) is 0 Å². The zero-order valence-electron chi connectivity index (χ0n) is 10.1. The molecule has 0 radical (unpaired) electrons. The van der Waals surface area contributed by atoms with Gasteiger partial charge in [0.2, 0.25) is 0 Å². The molecular formula is C14H20N2. The smallest absolute Gasteiger partial charge is 0.0414 e. The zero-order valence-corrected chi connectivity index (χ0v) is 10.1. The van der Waals surface area contributed by atoms with E-state index in [1.165, 1.54) is 28.8 Å². The second kappa shape index (κ2) is 4.71. The predicted molar refractivity (Wildman–Crippen MR) is 70.7 cm³/mol. The van der Waals surface area contributed by atoms with Crippen molar-refractivity contribution in [3.63, 3.8) is 0 Å². The van der Waals surface area contributed by atoms with Crippen LogP contribution in [0.2, 0.25) is 0 Å². The van der Waals surface area contributed by atoms with Gasteiger partial charge in [0.15, 0.2) is 0 Å². The molecule has 0 spiro atoms. The zero-order chi connectivity index (χ0) is 11.5. The molecule has 1 fully saturated rings. The van der Waals surface area contributed by atoms with Crippen LogP contribution in [-0.2, 0) is 0 Å². The van der Waals surface area contributed by atoms with Crippen LogP contribution in [0, 0.1) is 12.8 Å². The second-order valence-corrected chi connectivity index (χ2v) is 4.51. The Bertz CT molecular complexity index is 390. The second-order valence-electron chi connectivity index (χ2n) is 4.51. The molecule has 2 rings (SSSR count). The Morgan fingerprint density at radius 3 is 2.94 bits per heavy atom. The summed E-state index contributed by atoms with van der Waals surface area (Å²) < 4.78 is 0. The van der Waals surface area contributed by atoms with E-state index in [0.717, 1.165) is 13.1 Å². The Hall–Kier alpha value is -1.28. The normalized spacial score (nSPS) is 19.8. The van der Waals surface area contributed by atoms with Crippen molar-refractivity contribution in [1.29, 1.82) is 0 Å². The van der Waals surface area contributed by atoms with Crippen LogP contribution in [0.25, 0.3) is 5.57 Å². The SMILES string of the molecule is C=C(c1cc(C)ccc1NC)C1CCNC1. The molecule has 1 aliphatic heterocycles. The predicted octanol–water partition coefficient (Wildman–Crippen LogP) is 2.66. The summed E-state index contributed by atoms with van der Waals surface area (Å²) >= 11 is 0. The highest BCUT2D eigenvalue weighted by atomic mass is 14.9. The van der Waals surface area contributed by atoms with E-state index in [1.807, 2.05) is 7.05 Å². The minimum Gasteiger partial charge on any atom is -0.388 e. The number of hydrogen-bond acceptors (Lipinski definition) is 2. The minimum atomic E-state index is 0.592. The first-order valence-corrected chi connectivity index (χ1v) is 5.90. The summed E-state index contributed by atoms with van der Waals surface area (Å²) in [6.07, 6.45) is 1.20. The van der Waals surface area contributed by atoms with Gasteiger partial charge in [0.05, 0.1) is 0 Å². The quantitative estimate of drug-likeness (QED) is 0.811. The van der Waals surface area contributed by atoms with Gasteiger partial charge in [-0.2, -0.15) is 0 Å². The Balaban J connectivity index is 2.30. The van der Waals surface area contributed by atoms with Crippen molar-refractivity contribution in [3.8, 4) is 0 Å². The molecule has 1 aliphatic rings. The standard InChI is InChI=1S/C14H20N2/c1-10-4-5-14(15-3)13(8-10)11(2)12-6-7-16-9-12/h4-5,8,12,15-16H,2,6-7,9H2,1,3H3. The van der Waals surface area contributed by atoms with Crippen molar-refractivity contribution in [2.45, 2.75) is 13.3 Å². The van der Waals surface area contributed by atoms with Crippen molar-refractivity contribution < 1.29 is 0 Å². The molecule has 2 heteroatoms. The third-order valence-corrected chi connectivity index (χ3v) is 3.34. The lowest BCUT2D eigenvalue weighted by atomic mass is 9.91. The van der Waals surface area contributed by atoms with Gasteiger partial charge < -0.3 is 10.6 Å². The van der Waals surface area contributed by atoms with Crippen molar-refractivity contribution in [3.05, 3.63) is 35.9 Å². The number of hydrogen-bond donors (Lipinski definition) is 2. The van der Waals surface area contributed by atoms with Gasteiger partial charge in [0.25, 0.3) is 0 Å². The largest absolute Gasteiger partial charge is 0.388 e. The molecule has 0 aliphatic carbocycles. The maximum Gasteiger partial charge on any atom is 0.0414 e. The first kappa shape index (κ1) is 11.2. The van der Waals surface area contributed by atoms with E-state index >= 15 is 0 Å². The topological polar surface area (TPSA) is 24.1 Å². The Morgan fingerprint density at radius 1 is 1.50 bits per heavy atom. The van der Waals surface area contributed by atoms with E-state index in [-0.39, 0.29) is 0 Å². The van der Waals surface area contributed by atoms with Gasteiger partial charge in [-0.1, -0.05) is 18.2 Å². The highest BCUT2D eigenvalue weighted by Crippen LogP contribution is 2.31. The molecule has 2 N–H and O–H groups in total. The molecule has 86 valence electrons. The highest BCUT2D eigenvalue weighted by Gasteiger charge is 2.20. The van der Waals surface area contributed by atoms with Crippen LogP contribution in [0.3, 0.4) is 0 Å². The fourth-order valence-electron chi connectivity index (χ4n) is 2.31. The number of rotatable bonds is 3. The van der Waals surface area contributed by atoms with E-state index in [9.17, 15) is 0 Å². The van der Waals surface area contributed by atoms with E-state index in [0.29, 0.717) is 5.92 Å². The Labute approximate surface area is 97.8 Å². The molecule has 1 unspecified atom stereocenters. The maximum absolute atomic E-state index is 4.28. The van der Waals surface area contributed by atoms with Gasteiger partial charge in [-0.25, -0.2) is 0 Å². The molecule has 1 aromatic rings. The average Bonchev–Trinajstić information content (AvgIpc) is 2.81. The van der Waals surface area contributed by atoms with Crippen LogP contribution in [-0.4, -0.2) is 20.1 Å². The molecule has 1 aromatic carbocycles. The summed E-state index contributed by atoms with van der Waals surface area (Å²) in [7, 11) is 1.97. The molecule has 0 saturated carbocycles. The summed E-state index contributed by atoms with van der Waals surface area (Å²) in [6.45, 7) is 8.59. The van der Waals surface area contributed by atoms with Gasteiger partial charge in [-0.3, -0.25) is 0 Å². The van der Waals surface area contributed by atoms with Crippen LogP contribution in [0.5, 0.6) is 0 Å². The van der Waals surface area contributed by atoms with Crippen molar-refractivity contribution in [2.75, 3.05) is 25.5 Å². The molecule has 1 saturated heterocycles. The monoisotopic (exact) mass is 216 g/mol. The summed E-state index contributed by atoms with van der Waals surface area (Å²) in [6, 6.07) is 6.50. The Kier molecular flexibility index (Phi) is 3.30. The average molecular weight is 216 g/mol. The maximum atomic E-state index is 4.28. The minimum absolute atomic E-state index is 0.592. The summed E-state index contributed by atoms with van der Waals surface area (Å²) in [5, 5.41) is 6.64. The van der Waals surface area contributed by atoms with E-state index in [2.05, 4.69) is 42.3 Å². The Morgan fingerprint density at radius 2 is 2.31 bits per heavy atom. The van der Waals surface area contributed by atoms with Crippen LogP contribution < -0.4 is 10.6 Å². The summed E-state index contributed by atoms with van der Waals surface area (Å²) in [5.41, 5.74) is 5.01. The summed E-state index contributed by atoms with van der Waals surface area (Å²) in [4.78, 5) is 0. The van der Waals surface area contributed by atoms with Crippen LogP contribution in [0.1, 0.15) is 17.5 Å². The van der Waals surface area contributed by atoms with Gasteiger partial charge in [0, 0.05) is 24.8 Å². The molecule has 1 heterocycles. The number of aryl methyl sites for hydroxylation is 1. The molecular weight excluding hydrogens is 196 g/mol. The van der Waals surface area contributed by atoms with Crippen LogP contribution in [0.15, 0.2) is 24.8 Å². The first-order chi connectivity index (χ1) is 7.72. The van der Waals surface area contributed by atoms with E-state index < -0.39 is 0 Å². The van der Waals surface area contributed by atoms with Crippen molar-refractivity contribution >= 4 is 11.3 Å². The molecule has 1 atom stereocenters. The third-order valence-electron chi connectivity index (χ3n) is 3.34. The highest BCUT2D eigenvalue weighted by molar-refractivity contribution is 5.77. The lowest BCUT2D eigenvalue weighted by Crippen LogP contribution is -2.10. The van der Waals surface area contributed by atoms with Gasteiger partial charge in [-0.15, -0.1) is 0 Å². The number of benzene rings is 1. The van der Waals surface area contributed by atoms with Crippen molar-refractivity contribution in [1.82, 2.24) is 5.32 Å². The fourth-order valence-corrected chi connectivity index (χ4v) is 2.31. The number of anilines is 1. The van der Waals surface area contributed by atoms with Gasteiger partial charge in [-0.05, 0) is 43.5 Å². The molecule has 0 amide bonds. The third kappa shape index (κ3) is 2.12. The van der Waals surface area contributed by atoms with Crippen LogP contribution in [0.4, 0.5) is 5.69 Å². The molecule has 16 heavy (non-hydrogen) atoms. The fraction of sp³-hybridized carbons (Fsp3) is 0.429. The molecule has 0 aromatic heterocycles. The van der Waals surface area contributed by atoms with Crippen molar-refractivity contribution in [2.24, 2.45) is 5.92 Å². The number of nitrogens with one attached hydrogen (secondary N) is 2. The lowest BCUT2D eigenvalue weighted by molar-refractivity contribution is 0.750. The van der Waals surface area contributed by atoms with E-state index in [4.69, 9.17) is 0 Å². The lowest BCUT2D eigenvalue weighted by Gasteiger charge is -2.17. The van der Waals surface area contributed by atoms with Gasteiger partial charge >= 0.3 is 0 Å². The summed E-state index contributed by atoms with van der Waals surface area (Å²) in [5.74, 6) is 0.592. The molecule has 0 bridgehead atoms. The van der Waals surface area contributed by atoms with Gasteiger partial charge in [0.1, 0.15) is 0 Å².